The lowest BCUT2D eigenvalue weighted by atomic mass is 9.86. The molecule has 1 N–H and O–H groups in total. The third-order valence-corrected chi connectivity index (χ3v) is 6.18. The smallest absolute Gasteiger partial charge is 0.279 e. The predicted octanol–water partition coefficient (Wildman–Crippen LogP) is 3.95. The number of amides is 1. The Labute approximate surface area is 179 Å². The molecular weight excluding hydrogens is 398 g/mol. The van der Waals surface area contributed by atoms with Gasteiger partial charge in [-0.05, 0) is 30.2 Å². The molecule has 0 fully saturated rings. The number of nitrogens with zero attached hydrogens (tertiary/aromatic N) is 2. The average molecular weight is 422 g/mol. The fourth-order valence-electron chi connectivity index (χ4n) is 3.66. The van der Waals surface area contributed by atoms with Crippen molar-refractivity contribution in [1.29, 1.82) is 0 Å². The van der Waals surface area contributed by atoms with Gasteiger partial charge >= 0.3 is 0 Å². The summed E-state index contributed by atoms with van der Waals surface area (Å²) in [6.45, 7) is 2.47. The average Bonchev–Trinajstić information content (AvgIpc) is 2.76. The van der Waals surface area contributed by atoms with Crippen LogP contribution < -0.4 is 15.6 Å². The molecule has 30 heavy (non-hydrogen) atoms. The molecule has 0 saturated carbocycles. The van der Waals surface area contributed by atoms with E-state index in [4.69, 9.17) is 4.74 Å². The lowest BCUT2D eigenvalue weighted by Crippen LogP contribution is -2.33. The van der Waals surface area contributed by atoms with Gasteiger partial charge in [-0.2, -0.15) is 4.98 Å². The number of fused-ring (bicyclic) bond motifs is 1. The molecule has 2 aromatic carbocycles. The van der Waals surface area contributed by atoms with Gasteiger partial charge in [-0.25, -0.2) is 0 Å². The SMILES string of the molecule is CCOc1cccc([C@@H]2CC(=O)Nc3c2c(=O)nc(SCc2ccccc2)n3C)c1. The maximum Gasteiger partial charge on any atom is 0.279 e. The van der Waals surface area contributed by atoms with Gasteiger partial charge < -0.3 is 14.6 Å². The number of rotatable bonds is 6. The van der Waals surface area contributed by atoms with E-state index in [1.165, 1.54) is 11.8 Å². The fraction of sp³-hybridized carbons (Fsp3) is 0.261. The van der Waals surface area contributed by atoms with Crippen LogP contribution in [0.5, 0.6) is 5.75 Å². The first-order valence-corrected chi connectivity index (χ1v) is 10.9. The van der Waals surface area contributed by atoms with Gasteiger partial charge in [0.1, 0.15) is 11.6 Å². The van der Waals surface area contributed by atoms with Crippen LogP contribution in [0.4, 0.5) is 5.82 Å². The molecule has 7 heteroatoms. The lowest BCUT2D eigenvalue weighted by Gasteiger charge is -2.27. The molecule has 154 valence electrons. The van der Waals surface area contributed by atoms with Crippen LogP contribution in [0.2, 0.25) is 0 Å². The summed E-state index contributed by atoms with van der Waals surface area (Å²) < 4.78 is 7.40. The number of hydrogen-bond donors (Lipinski definition) is 1. The van der Waals surface area contributed by atoms with Crippen LogP contribution in [0, 0.1) is 0 Å². The van der Waals surface area contributed by atoms with Crippen molar-refractivity contribution in [2.45, 2.75) is 30.2 Å². The molecule has 0 spiro atoms. The number of carbonyl (C=O) groups is 1. The highest BCUT2D eigenvalue weighted by molar-refractivity contribution is 7.98. The van der Waals surface area contributed by atoms with Crippen LogP contribution in [0.15, 0.2) is 64.5 Å². The second kappa shape index (κ2) is 8.75. The van der Waals surface area contributed by atoms with Gasteiger partial charge in [0.15, 0.2) is 5.16 Å². The van der Waals surface area contributed by atoms with Gasteiger partial charge in [0.25, 0.3) is 5.56 Å². The van der Waals surface area contributed by atoms with Gasteiger partial charge in [-0.3, -0.25) is 9.59 Å². The minimum absolute atomic E-state index is 0.116. The zero-order valence-electron chi connectivity index (χ0n) is 16.9. The van der Waals surface area contributed by atoms with E-state index < -0.39 is 0 Å². The van der Waals surface area contributed by atoms with E-state index in [0.29, 0.717) is 28.9 Å². The van der Waals surface area contributed by atoms with Crippen LogP contribution in [-0.2, 0) is 17.6 Å². The van der Waals surface area contributed by atoms with Crippen molar-refractivity contribution in [3.8, 4) is 5.75 Å². The quantitative estimate of drug-likeness (QED) is 0.482. The molecule has 3 aromatic rings. The van der Waals surface area contributed by atoms with Gasteiger partial charge in [0.05, 0.1) is 12.2 Å². The van der Waals surface area contributed by atoms with Gasteiger partial charge in [-0.15, -0.1) is 0 Å². The van der Waals surface area contributed by atoms with Crippen LogP contribution in [0.25, 0.3) is 0 Å². The Morgan fingerprint density at radius 3 is 2.73 bits per heavy atom. The number of carbonyl (C=O) groups excluding carboxylic acids is 1. The molecule has 1 amide bonds. The molecule has 1 aliphatic heterocycles. The van der Waals surface area contributed by atoms with Crippen LogP contribution in [-0.4, -0.2) is 22.1 Å². The van der Waals surface area contributed by atoms with Gasteiger partial charge in [-0.1, -0.05) is 54.2 Å². The van der Waals surface area contributed by atoms with Crippen molar-refractivity contribution < 1.29 is 9.53 Å². The van der Waals surface area contributed by atoms with Crippen molar-refractivity contribution in [1.82, 2.24) is 9.55 Å². The summed E-state index contributed by atoms with van der Waals surface area (Å²) in [4.78, 5) is 29.9. The van der Waals surface area contributed by atoms with Gasteiger partial charge in [0.2, 0.25) is 5.91 Å². The zero-order chi connectivity index (χ0) is 21.1. The fourth-order valence-corrected chi connectivity index (χ4v) is 4.58. The summed E-state index contributed by atoms with van der Waals surface area (Å²) in [5.74, 6) is 1.47. The molecule has 1 aromatic heterocycles. The third kappa shape index (κ3) is 4.11. The largest absolute Gasteiger partial charge is 0.494 e. The minimum Gasteiger partial charge on any atom is -0.494 e. The molecule has 0 saturated heterocycles. The van der Waals surface area contributed by atoms with E-state index in [1.807, 2.05) is 68.6 Å². The third-order valence-electron chi connectivity index (χ3n) is 5.08. The molecule has 1 aliphatic rings. The number of nitrogens with one attached hydrogen (secondary N) is 1. The van der Waals surface area contributed by atoms with Crippen molar-refractivity contribution in [2.24, 2.45) is 7.05 Å². The first kappa shape index (κ1) is 20.2. The summed E-state index contributed by atoms with van der Waals surface area (Å²) in [5.41, 5.74) is 2.24. The second-order valence-corrected chi connectivity index (χ2v) is 8.05. The standard InChI is InChI=1S/C23H23N3O3S/c1-3-29-17-11-7-10-16(12-17)18-13-19(27)24-21-20(18)22(28)25-23(26(21)2)30-14-15-8-5-4-6-9-15/h4-12,18H,3,13-14H2,1-2H3,(H,24,27)/t18-/m0/s1. The number of hydrogen-bond acceptors (Lipinski definition) is 5. The Morgan fingerprint density at radius 2 is 1.97 bits per heavy atom. The zero-order valence-corrected chi connectivity index (χ0v) is 17.7. The van der Waals surface area contributed by atoms with E-state index in [1.54, 1.807) is 4.57 Å². The summed E-state index contributed by atoms with van der Waals surface area (Å²) in [6.07, 6.45) is 0.204. The Balaban J connectivity index is 1.71. The van der Waals surface area contributed by atoms with Crippen LogP contribution in [0.3, 0.4) is 0 Å². The Morgan fingerprint density at radius 1 is 1.17 bits per heavy atom. The molecule has 1 atom stereocenters. The number of aromatic nitrogens is 2. The minimum atomic E-state index is -0.353. The number of anilines is 1. The molecule has 2 heterocycles. The number of benzene rings is 2. The molecule has 4 rings (SSSR count). The maximum absolute atomic E-state index is 13.0. The number of ether oxygens (including phenoxy) is 1. The first-order chi connectivity index (χ1) is 14.6. The Kier molecular flexibility index (Phi) is 5.90. The molecular formula is C23H23N3O3S. The summed E-state index contributed by atoms with van der Waals surface area (Å²) in [7, 11) is 1.83. The Bertz CT molecular complexity index is 1130. The highest BCUT2D eigenvalue weighted by atomic mass is 32.2. The molecule has 0 aliphatic carbocycles. The monoisotopic (exact) mass is 421 g/mol. The van der Waals surface area contributed by atoms with Crippen molar-refractivity contribution in [3.63, 3.8) is 0 Å². The van der Waals surface area contributed by atoms with Gasteiger partial charge in [0, 0.05) is 25.1 Å². The summed E-state index contributed by atoms with van der Waals surface area (Å²) in [6, 6.07) is 17.6. The molecule has 0 radical (unpaired) electrons. The van der Waals surface area contributed by atoms with Crippen molar-refractivity contribution >= 4 is 23.5 Å². The van der Waals surface area contributed by atoms with E-state index in [2.05, 4.69) is 10.3 Å². The highest BCUT2D eigenvalue weighted by Crippen LogP contribution is 2.37. The summed E-state index contributed by atoms with van der Waals surface area (Å²) in [5, 5.41) is 3.46. The lowest BCUT2D eigenvalue weighted by molar-refractivity contribution is -0.116. The summed E-state index contributed by atoms with van der Waals surface area (Å²) >= 11 is 1.47. The normalized spacial score (nSPS) is 15.4. The van der Waals surface area contributed by atoms with E-state index in [9.17, 15) is 9.59 Å². The Hall–Kier alpha value is -3.06. The van der Waals surface area contributed by atoms with E-state index >= 15 is 0 Å². The van der Waals surface area contributed by atoms with Crippen LogP contribution >= 0.6 is 11.8 Å². The first-order valence-electron chi connectivity index (χ1n) is 9.87. The van der Waals surface area contributed by atoms with Crippen molar-refractivity contribution in [2.75, 3.05) is 11.9 Å². The maximum atomic E-state index is 13.0. The predicted molar refractivity (Wildman–Crippen MR) is 118 cm³/mol. The van der Waals surface area contributed by atoms with Crippen molar-refractivity contribution in [3.05, 3.63) is 81.6 Å². The topological polar surface area (TPSA) is 73.2 Å². The second-order valence-electron chi connectivity index (χ2n) is 7.11. The number of thioether (sulfide) groups is 1. The van der Waals surface area contributed by atoms with E-state index in [-0.39, 0.29) is 23.8 Å². The molecule has 0 bridgehead atoms. The van der Waals surface area contributed by atoms with E-state index in [0.717, 1.165) is 16.9 Å². The molecule has 6 nitrogen and oxygen atoms in total. The van der Waals surface area contributed by atoms with Crippen LogP contribution in [0.1, 0.15) is 36.0 Å². The molecule has 0 unspecified atom stereocenters. The highest BCUT2D eigenvalue weighted by Gasteiger charge is 2.32.